The lowest BCUT2D eigenvalue weighted by molar-refractivity contribution is 0.511. The molecular formula is C13H14BrFN2O. The summed E-state index contributed by atoms with van der Waals surface area (Å²) in [5.41, 5.74) is 4.71. The molecule has 1 heterocycles. The summed E-state index contributed by atoms with van der Waals surface area (Å²) < 4.78 is 19.0. The molecular weight excluding hydrogens is 299 g/mol. The second kappa shape index (κ2) is 5.65. The van der Waals surface area contributed by atoms with Gasteiger partial charge in [-0.05, 0) is 37.1 Å². The fraction of sp³-hybridized carbons (Fsp3) is 0.231. The molecule has 2 aromatic rings. The molecule has 0 bridgehead atoms. The summed E-state index contributed by atoms with van der Waals surface area (Å²) >= 11 is 3.35. The van der Waals surface area contributed by atoms with Crippen molar-refractivity contribution < 1.29 is 8.81 Å². The van der Waals surface area contributed by atoms with Gasteiger partial charge in [0.15, 0.2) is 0 Å². The summed E-state index contributed by atoms with van der Waals surface area (Å²) in [6, 6.07) is 6.50. The van der Waals surface area contributed by atoms with E-state index in [0.717, 1.165) is 21.4 Å². The summed E-state index contributed by atoms with van der Waals surface area (Å²) in [6.07, 6.45) is 2.33. The molecule has 0 radical (unpaired) electrons. The first-order chi connectivity index (χ1) is 8.60. The highest BCUT2D eigenvalue weighted by molar-refractivity contribution is 9.10. The van der Waals surface area contributed by atoms with Crippen LogP contribution in [0.5, 0.6) is 0 Å². The lowest BCUT2D eigenvalue weighted by Crippen LogP contribution is -2.29. The predicted octanol–water partition coefficient (Wildman–Crippen LogP) is 3.24. The van der Waals surface area contributed by atoms with Gasteiger partial charge < -0.3 is 4.42 Å². The highest BCUT2D eigenvalue weighted by Crippen LogP contribution is 2.25. The highest BCUT2D eigenvalue weighted by Gasteiger charge is 2.14. The van der Waals surface area contributed by atoms with E-state index in [9.17, 15) is 4.39 Å². The van der Waals surface area contributed by atoms with Gasteiger partial charge in [0.2, 0.25) is 0 Å². The molecule has 3 N–H and O–H groups in total. The third-order valence-electron chi connectivity index (χ3n) is 2.79. The van der Waals surface area contributed by atoms with Crippen molar-refractivity contribution in [3.8, 4) is 0 Å². The number of hydrogen-bond donors (Lipinski definition) is 2. The Labute approximate surface area is 113 Å². The van der Waals surface area contributed by atoms with Crippen molar-refractivity contribution in [2.24, 2.45) is 5.84 Å². The first-order valence-corrected chi connectivity index (χ1v) is 6.34. The quantitative estimate of drug-likeness (QED) is 0.673. The molecule has 5 heteroatoms. The molecule has 18 heavy (non-hydrogen) atoms. The van der Waals surface area contributed by atoms with Gasteiger partial charge >= 0.3 is 0 Å². The molecule has 2 rings (SSSR count). The zero-order valence-electron chi connectivity index (χ0n) is 9.91. The molecule has 96 valence electrons. The van der Waals surface area contributed by atoms with Gasteiger partial charge in [-0.3, -0.25) is 11.3 Å². The van der Waals surface area contributed by atoms with Crippen LogP contribution in [-0.4, -0.2) is 0 Å². The summed E-state index contributed by atoms with van der Waals surface area (Å²) in [5.74, 6) is 6.14. The summed E-state index contributed by atoms with van der Waals surface area (Å²) in [5, 5.41) is 0. The standard InChI is InChI=1S/C13H14BrFN2O/c1-8-4-10(7-18-8)13(17-16)5-9-2-3-11(15)6-12(9)14/h2-4,6-7,13,17H,5,16H2,1H3. The van der Waals surface area contributed by atoms with Crippen LogP contribution >= 0.6 is 15.9 Å². The van der Waals surface area contributed by atoms with Crippen LogP contribution in [0.15, 0.2) is 39.4 Å². The Balaban J connectivity index is 2.20. The largest absolute Gasteiger partial charge is 0.469 e. The van der Waals surface area contributed by atoms with E-state index in [-0.39, 0.29) is 11.9 Å². The Kier molecular flexibility index (Phi) is 4.16. The minimum atomic E-state index is -0.262. The van der Waals surface area contributed by atoms with Crippen molar-refractivity contribution in [3.63, 3.8) is 0 Å². The lowest BCUT2D eigenvalue weighted by Gasteiger charge is -2.15. The SMILES string of the molecule is Cc1cc(C(Cc2ccc(F)cc2Br)NN)co1. The Morgan fingerprint density at radius 2 is 2.22 bits per heavy atom. The molecule has 1 aromatic heterocycles. The van der Waals surface area contributed by atoms with E-state index < -0.39 is 0 Å². The maximum absolute atomic E-state index is 13.0. The van der Waals surface area contributed by atoms with Crippen LogP contribution in [-0.2, 0) is 6.42 Å². The van der Waals surface area contributed by atoms with E-state index in [4.69, 9.17) is 10.3 Å². The molecule has 1 atom stereocenters. The van der Waals surface area contributed by atoms with E-state index in [2.05, 4.69) is 21.4 Å². The van der Waals surface area contributed by atoms with E-state index in [1.807, 2.05) is 13.0 Å². The highest BCUT2D eigenvalue weighted by atomic mass is 79.9. The third-order valence-corrected chi connectivity index (χ3v) is 3.53. The lowest BCUT2D eigenvalue weighted by atomic mass is 10.0. The van der Waals surface area contributed by atoms with Crippen molar-refractivity contribution in [2.45, 2.75) is 19.4 Å². The van der Waals surface area contributed by atoms with Crippen LogP contribution in [0.25, 0.3) is 0 Å². The second-order valence-corrected chi connectivity index (χ2v) is 5.00. The summed E-state index contributed by atoms with van der Waals surface area (Å²) in [6.45, 7) is 1.88. The number of aryl methyl sites for hydroxylation is 1. The van der Waals surface area contributed by atoms with Gasteiger partial charge in [0.25, 0.3) is 0 Å². The molecule has 1 aromatic carbocycles. The predicted molar refractivity (Wildman–Crippen MR) is 71.3 cm³/mol. The van der Waals surface area contributed by atoms with E-state index in [0.29, 0.717) is 6.42 Å². The number of nitrogens with two attached hydrogens (primary N) is 1. The van der Waals surface area contributed by atoms with Crippen LogP contribution in [0.1, 0.15) is 22.9 Å². The minimum Gasteiger partial charge on any atom is -0.469 e. The topological polar surface area (TPSA) is 51.2 Å². The molecule has 1 unspecified atom stereocenters. The van der Waals surface area contributed by atoms with Crippen LogP contribution in [0.2, 0.25) is 0 Å². The molecule has 0 amide bonds. The molecule has 0 saturated heterocycles. The van der Waals surface area contributed by atoms with Gasteiger partial charge in [-0.1, -0.05) is 22.0 Å². The number of nitrogens with one attached hydrogen (secondary N) is 1. The van der Waals surface area contributed by atoms with Gasteiger partial charge in [0.1, 0.15) is 11.6 Å². The smallest absolute Gasteiger partial charge is 0.124 e. The monoisotopic (exact) mass is 312 g/mol. The second-order valence-electron chi connectivity index (χ2n) is 4.15. The fourth-order valence-electron chi connectivity index (χ4n) is 1.83. The van der Waals surface area contributed by atoms with Crippen molar-refractivity contribution >= 4 is 15.9 Å². The average molecular weight is 313 g/mol. The first-order valence-electron chi connectivity index (χ1n) is 5.55. The summed E-state index contributed by atoms with van der Waals surface area (Å²) in [7, 11) is 0. The zero-order chi connectivity index (χ0) is 13.1. The van der Waals surface area contributed by atoms with Crippen molar-refractivity contribution in [1.82, 2.24) is 5.43 Å². The van der Waals surface area contributed by atoms with Gasteiger partial charge in [0.05, 0.1) is 12.3 Å². The van der Waals surface area contributed by atoms with Gasteiger partial charge in [0, 0.05) is 10.0 Å². The summed E-state index contributed by atoms with van der Waals surface area (Å²) in [4.78, 5) is 0. The first kappa shape index (κ1) is 13.3. The maximum atomic E-state index is 13.0. The van der Waals surface area contributed by atoms with Crippen molar-refractivity contribution in [1.29, 1.82) is 0 Å². The van der Waals surface area contributed by atoms with Crippen LogP contribution in [0, 0.1) is 12.7 Å². The van der Waals surface area contributed by atoms with Crippen LogP contribution in [0.4, 0.5) is 4.39 Å². The van der Waals surface area contributed by atoms with Gasteiger partial charge in [-0.2, -0.15) is 0 Å². The van der Waals surface area contributed by atoms with Crippen LogP contribution < -0.4 is 11.3 Å². The maximum Gasteiger partial charge on any atom is 0.124 e. The molecule has 0 aliphatic heterocycles. The Morgan fingerprint density at radius 3 is 2.78 bits per heavy atom. The molecule has 0 aliphatic rings. The Morgan fingerprint density at radius 1 is 1.44 bits per heavy atom. The normalized spacial score (nSPS) is 12.7. The van der Waals surface area contributed by atoms with E-state index in [1.54, 1.807) is 12.3 Å². The zero-order valence-corrected chi connectivity index (χ0v) is 11.5. The third kappa shape index (κ3) is 2.98. The number of rotatable bonds is 4. The minimum absolute atomic E-state index is 0.0655. The van der Waals surface area contributed by atoms with Gasteiger partial charge in [-0.25, -0.2) is 4.39 Å². The average Bonchev–Trinajstić information content (AvgIpc) is 2.75. The number of hydrogen-bond acceptors (Lipinski definition) is 3. The molecule has 0 aliphatic carbocycles. The van der Waals surface area contributed by atoms with E-state index in [1.165, 1.54) is 12.1 Å². The molecule has 0 fully saturated rings. The van der Waals surface area contributed by atoms with Crippen molar-refractivity contribution in [2.75, 3.05) is 0 Å². The van der Waals surface area contributed by atoms with Crippen molar-refractivity contribution in [3.05, 3.63) is 57.7 Å². The fourth-order valence-corrected chi connectivity index (χ4v) is 2.34. The molecule has 0 saturated carbocycles. The Hall–Kier alpha value is -1.17. The van der Waals surface area contributed by atoms with Crippen LogP contribution in [0.3, 0.4) is 0 Å². The van der Waals surface area contributed by atoms with Gasteiger partial charge in [-0.15, -0.1) is 0 Å². The Bertz CT molecular complexity index is 542. The number of hydrazine groups is 1. The number of halogens is 2. The number of furan rings is 1. The molecule has 3 nitrogen and oxygen atoms in total. The number of benzene rings is 1. The molecule has 0 spiro atoms. The van der Waals surface area contributed by atoms with E-state index >= 15 is 0 Å².